The van der Waals surface area contributed by atoms with Crippen LogP contribution in [0.25, 0.3) is 0 Å². The third kappa shape index (κ3) is 4.30. The molecular formula is C13H23N3O. The number of hydrogen-bond acceptors (Lipinski definition) is 4. The molecule has 96 valence electrons. The lowest BCUT2D eigenvalue weighted by atomic mass is 10.1. The van der Waals surface area contributed by atoms with Crippen molar-refractivity contribution in [3.8, 4) is 0 Å². The summed E-state index contributed by atoms with van der Waals surface area (Å²) in [6.07, 6.45) is 1.72. The molecule has 2 N–H and O–H groups in total. The molecule has 4 heteroatoms. The van der Waals surface area contributed by atoms with Crippen LogP contribution in [0, 0.1) is 6.92 Å². The molecule has 0 saturated carbocycles. The Morgan fingerprint density at radius 1 is 1.35 bits per heavy atom. The summed E-state index contributed by atoms with van der Waals surface area (Å²) in [4.78, 5) is 8.91. The van der Waals surface area contributed by atoms with Crippen LogP contribution in [-0.4, -0.2) is 27.7 Å². The minimum atomic E-state index is 0.201. The number of nitrogens with zero attached hydrogens (tertiary/aromatic N) is 2. The topological polar surface area (TPSA) is 58.0 Å². The molecule has 0 aliphatic rings. The smallest absolute Gasteiger partial charge is 0.133 e. The summed E-state index contributed by atoms with van der Waals surface area (Å²) < 4.78 is 0. The van der Waals surface area contributed by atoms with Gasteiger partial charge in [0.1, 0.15) is 11.6 Å². The summed E-state index contributed by atoms with van der Waals surface area (Å²) in [6, 6.07) is 2.22. The summed E-state index contributed by atoms with van der Waals surface area (Å²) in [5.41, 5.74) is 0.977. The van der Waals surface area contributed by atoms with E-state index in [0.29, 0.717) is 5.92 Å². The van der Waals surface area contributed by atoms with Crippen LogP contribution in [0.2, 0.25) is 0 Å². The normalized spacial score (nSPS) is 12.8. The van der Waals surface area contributed by atoms with Gasteiger partial charge in [-0.2, -0.15) is 0 Å². The highest BCUT2D eigenvalue weighted by atomic mass is 16.3. The Kier molecular flexibility index (Phi) is 5.35. The first-order valence-corrected chi connectivity index (χ1v) is 6.29. The fraction of sp³-hybridized carbons (Fsp3) is 0.692. The van der Waals surface area contributed by atoms with E-state index in [2.05, 4.69) is 36.1 Å². The van der Waals surface area contributed by atoms with E-state index in [1.807, 2.05) is 13.0 Å². The zero-order chi connectivity index (χ0) is 12.8. The van der Waals surface area contributed by atoms with Crippen LogP contribution in [0.3, 0.4) is 0 Å². The minimum absolute atomic E-state index is 0.201. The van der Waals surface area contributed by atoms with E-state index in [0.717, 1.165) is 30.2 Å². The summed E-state index contributed by atoms with van der Waals surface area (Å²) >= 11 is 0. The van der Waals surface area contributed by atoms with Gasteiger partial charge in [0, 0.05) is 30.3 Å². The molecule has 0 amide bonds. The van der Waals surface area contributed by atoms with Gasteiger partial charge in [-0.1, -0.05) is 20.8 Å². The summed E-state index contributed by atoms with van der Waals surface area (Å²) in [5.74, 6) is 2.06. The number of aliphatic hydroxyl groups excluding tert-OH is 1. The van der Waals surface area contributed by atoms with E-state index in [4.69, 9.17) is 5.11 Å². The van der Waals surface area contributed by atoms with Gasteiger partial charge in [0.05, 0.1) is 0 Å². The van der Waals surface area contributed by atoms with Crippen molar-refractivity contribution in [3.63, 3.8) is 0 Å². The fourth-order valence-corrected chi connectivity index (χ4v) is 1.67. The van der Waals surface area contributed by atoms with Crippen LogP contribution < -0.4 is 5.32 Å². The fourth-order valence-electron chi connectivity index (χ4n) is 1.67. The van der Waals surface area contributed by atoms with E-state index < -0.39 is 0 Å². The number of aromatic nitrogens is 2. The molecule has 1 aromatic heterocycles. The van der Waals surface area contributed by atoms with Crippen LogP contribution in [0.5, 0.6) is 0 Å². The summed E-state index contributed by atoms with van der Waals surface area (Å²) in [5, 5.41) is 12.3. The zero-order valence-corrected chi connectivity index (χ0v) is 11.2. The molecule has 4 nitrogen and oxygen atoms in total. The van der Waals surface area contributed by atoms with E-state index in [1.54, 1.807) is 0 Å². The molecule has 1 rings (SSSR count). The SMILES string of the molecule is CCC(CCO)Nc1cc(C)nc(C(C)C)n1. The van der Waals surface area contributed by atoms with Gasteiger partial charge in [0.25, 0.3) is 0 Å². The maximum absolute atomic E-state index is 8.97. The van der Waals surface area contributed by atoms with Gasteiger partial charge in [0.15, 0.2) is 0 Å². The molecule has 0 fully saturated rings. The van der Waals surface area contributed by atoms with Crippen molar-refractivity contribution >= 4 is 5.82 Å². The number of hydrogen-bond donors (Lipinski definition) is 2. The lowest BCUT2D eigenvalue weighted by molar-refractivity contribution is 0.278. The van der Waals surface area contributed by atoms with Gasteiger partial charge in [-0.05, 0) is 19.8 Å². The number of aliphatic hydroxyl groups is 1. The monoisotopic (exact) mass is 237 g/mol. The number of aryl methyl sites for hydroxylation is 1. The second-order valence-corrected chi connectivity index (χ2v) is 4.67. The van der Waals surface area contributed by atoms with Gasteiger partial charge in [-0.15, -0.1) is 0 Å². The molecule has 1 unspecified atom stereocenters. The minimum Gasteiger partial charge on any atom is -0.396 e. The average molecular weight is 237 g/mol. The maximum Gasteiger partial charge on any atom is 0.133 e. The summed E-state index contributed by atoms with van der Waals surface area (Å²) in [7, 11) is 0. The quantitative estimate of drug-likeness (QED) is 0.798. The Hall–Kier alpha value is -1.16. The van der Waals surface area contributed by atoms with Crippen molar-refractivity contribution in [3.05, 3.63) is 17.6 Å². The lowest BCUT2D eigenvalue weighted by Crippen LogP contribution is -2.21. The van der Waals surface area contributed by atoms with E-state index in [9.17, 15) is 0 Å². The van der Waals surface area contributed by atoms with Gasteiger partial charge < -0.3 is 10.4 Å². The Morgan fingerprint density at radius 3 is 2.59 bits per heavy atom. The van der Waals surface area contributed by atoms with Crippen LogP contribution in [0.15, 0.2) is 6.07 Å². The first kappa shape index (κ1) is 13.9. The summed E-state index contributed by atoms with van der Waals surface area (Å²) in [6.45, 7) is 8.45. The van der Waals surface area contributed by atoms with Crippen LogP contribution in [-0.2, 0) is 0 Å². The molecular weight excluding hydrogens is 214 g/mol. The highest BCUT2D eigenvalue weighted by Crippen LogP contribution is 2.15. The van der Waals surface area contributed by atoms with Crippen molar-refractivity contribution in [1.29, 1.82) is 0 Å². The average Bonchev–Trinajstić information content (AvgIpc) is 2.27. The first-order valence-electron chi connectivity index (χ1n) is 6.29. The molecule has 0 spiro atoms. The highest BCUT2D eigenvalue weighted by molar-refractivity contribution is 5.37. The van der Waals surface area contributed by atoms with Crippen LogP contribution in [0.1, 0.15) is 51.0 Å². The molecule has 1 heterocycles. The molecule has 17 heavy (non-hydrogen) atoms. The van der Waals surface area contributed by atoms with Gasteiger partial charge in [-0.25, -0.2) is 9.97 Å². The molecule has 0 radical (unpaired) electrons. The predicted molar refractivity (Wildman–Crippen MR) is 70.3 cm³/mol. The maximum atomic E-state index is 8.97. The van der Waals surface area contributed by atoms with Gasteiger partial charge in [0.2, 0.25) is 0 Å². The van der Waals surface area contributed by atoms with Crippen molar-refractivity contribution in [2.24, 2.45) is 0 Å². The Balaban J connectivity index is 2.82. The molecule has 0 saturated heterocycles. The Labute approximate surface area is 103 Å². The van der Waals surface area contributed by atoms with E-state index in [1.165, 1.54) is 0 Å². The molecule has 0 aliphatic heterocycles. The van der Waals surface area contributed by atoms with Crippen LogP contribution >= 0.6 is 0 Å². The Bertz CT molecular complexity index is 353. The van der Waals surface area contributed by atoms with Crippen LogP contribution in [0.4, 0.5) is 5.82 Å². The van der Waals surface area contributed by atoms with Crippen molar-refractivity contribution in [2.75, 3.05) is 11.9 Å². The van der Waals surface area contributed by atoms with Crippen molar-refractivity contribution in [2.45, 2.75) is 52.5 Å². The van der Waals surface area contributed by atoms with Gasteiger partial charge >= 0.3 is 0 Å². The van der Waals surface area contributed by atoms with E-state index in [-0.39, 0.29) is 12.6 Å². The predicted octanol–water partition coefficient (Wildman–Crippen LogP) is 2.48. The molecule has 1 atom stereocenters. The zero-order valence-electron chi connectivity index (χ0n) is 11.2. The third-order valence-electron chi connectivity index (χ3n) is 2.71. The lowest BCUT2D eigenvalue weighted by Gasteiger charge is -2.17. The second kappa shape index (κ2) is 6.55. The standard InChI is InChI=1S/C13H23N3O/c1-5-11(6-7-17)15-12-8-10(4)14-13(16-12)9(2)3/h8-9,11,17H,5-7H2,1-4H3,(H,14,15,16). The first-order chi connectivity index (χ1) is 8.06. The number of rotatable bonds is 6. The van der Waals surface area contributed by atoms with Crippen molar-refractivity contribution < 1.29 is 5.11 Å². The second-order valence-electron chi connectivity index (χ2n) is 4.67. The van der Waals surface area contributed by atoms with E-state index >= 15 is 0 Å². The highest BCUT2D eigenvalue weighted by Gasteiger charge is 2.09. The molecule has 0 aromatic carbocycles. The number of nitrogens with one attached hydrogen (secondary N) is 1. The molecule has 1 aromatic rings. The van der Waals surface area contributed by atoms with Gasteiger partial charge in [-0.3, -0.25) is 0 Å². The largest absolute Gasteiger partial charge is 0.396 e. The Morgan fingerprint density at radius 2 is 2.06 bits per heavy atom. The molecule has 0 bridgehead atoms. The van der Waals surface area contributed by atoms with Crippen molar-refractivity contribution in [1.82, 2.24) is 9.97 Å². The number of anilines is 1. The molecule has 0 aliphatic carbocycles. The third-order valence-corrected chi connectivity index (χ3v) is 2.71.